The molecule has 0 spiro atoms. The number of hydrogen-bond donors (Lipinski definition) is 1. The summed E-state index contributed by atoms with van der Waals surface area (Å²) >= 11 is 0. The molecule has 0 fully saturated rings. The highest BCUT2D eigenvalue weighted by Crippen LogP contribution is 2.28. The molecule has 0 atom stereocenters. The molecule has 2 N–H and O–H groups in total. The second-order valence-electron chi connectivity index (χ2n) is 7.99. The van der Waals surface area contributed by atoms with Gasteiger partial charge in [0.2, 0.25) is 5.95 Å². The van der Waals surface area contributed by atoms with Gasteiger partial charge in [-0.15, -0.1) is 0 Å². The normalized spacial score (nSPS) is 13.8. The van der Waals surface area contributed by atoms with Crippen LogP contribution in [0.25, 0.3) is 0 Å². The number of aromatic nitrogens is 2. The Labute approximate surface area is 199 Å². The Morgan fingerprint density at radius 2 is 1.69 bits per heavy atom. The second-order valence-corrected chi connectivity index (χ2v) is 7.99. The Hall–Kier alpha value is -4.08. The number of ether oxygens (including phenoxy) is 1. The number of alkyl halides is 3. The van der Waals surface area contributed by atoms with Crippen molar-refractivity contribution < 1.29 is 22.7 Å². The number of rotatable bonds is 5. The average molecular weight is 484 g/mol. The van der Waals surface area contributed by atoms with Crippen molar-refractivity contribution in [2.75, 3.05) is 18.9 Å². The Morgan fingerprint density at radius 3 is 2.26 bits per heavy atom. The summed E-state index contributed by atoms with van der Waals surface area (Å²) in [6.45, 7) is -0.384. The highest BCUT2D eigenvalue weighted by molar-refractivity contribution is 5.68. The number of amides is 1. The molecule has 1 aromatic heterocycles. The number of carbonyl (C=O) groups is 1. The number of benzene rings is 2. The van der Waals surface area contributed by atoms with Crippen LogP contribution in [-0.4, -0.2) is 39.9 Å². The fraction of sp³-hybridized carbons (Fsp3) is 0.240. The van der Waals surface area contributed by atoms with Crippen LogP contribution in [0.15, 0.2) is 77.6 Å². The molecule has 4 rings (SSSR count). The van der Waals surface area contributed by atoms with Crippen molar-refractivity contribution in [2.24, 2.45) is 0 Å². The van der Waals surface area contributed by atoms with Gasteiger partial charge in [-0.2, -0.15) is 13.2 Å². The van der Waals surface area contributed by atoms with Crippen LogP contribution in [0.3, 0.4) is 0 Å². The molecule has 182 valence electrons. The van der Waals surface area contributed by atoms with Gasteiger partial charge in [-0.05, 0) is 23.6 Å². The minimum atomic E-state index is -4.48. The number of halogens is 3. The summed E-state index contributed by atoms with van der Waals surface area (Å²) in [6, 6.07) is 18.4. The highest BCUT2D eigenvalue weighted by atomic mass is 19.4. The smallest absolute Gasteiger partial charge is 0.410 e. The first-order valence-electron chi connectivity index (χ1n) is 10.9. The molecule has 7 nitrogen and oxygen atoms in total. The molecular formula is C25H23F3N4O3. The van der Waals surface area contributed by atoms with Crippen molar-refractivity contribution in [2.45, 2.75) is 25.2 Å². The number of hydrogen-bond acceptors (Lipinski definition) is 5. The summed E-state index contributed by atoms with van der Waals surface area (Å²) in [5.74, 6) is -0.00483. The van der Waals surface area contributed by atoms with E-state index in [0.717, 1.165) is 17.2 Å². The lowest BCUT2D eigenvalue weighted by Crippen LogP contribution is -2.42. The molecule has 3 aromatic rings. The average Bonchev–Trinajstić information content (AvgIpc) is 2.84. The zero-order valence-electron chi connectivity index (χ0n) is 18.6. The van der Waals surface area contributed by atoms with Gasteiger partial charge in [-0.3, -0.25) is 9.36 Å². The Kier molecular flexibility index (Phi) is 6.90. The van der Waals surface area contributed by atoms with Crippen molar-refractivity contribution >= 4 is 12.0 Å². The van der Waals surface area contributed by atoms with Gasteiger partial charge in [0.05, 0.1) is 18.3 Å². The molecule has 1 aliphatic heterocycles. The molecule has 1 aliphatic rings. The summed E-state index contributed by atoms with van der Waals surface area (Å²) in [7, 11) is 0. The molecule has 2 heterocycles. The van der Waals surface area contributed by atoms with E-state index in [9.17, 15) is 22.8 Å². The minimum Gasteiger partial charge on any atom is -0.445 e. The Morgan fingerprint density at radius 1 is 1.09 bits per heavy atom. The maximum Gasteiger partial charge on any atom is 0.410 e. The number of nitrogens with two attached hydrogens (primary N) is 1. The van der Waals surface area contributed by atoms with Gasteiger partial charge in [-0.1, -0.05) is 60.7 Å². The van der Waals surface area contributed by atoms with Gasteiger partial charge < -0.3 is 15.4 Å². The summed E-state index contributed by atoms with van der Waals surface area (Å²) in [4.78, 5) is 31.6. The molecular weight excluding hydrogens is 461 g/mol. The second kappa shape index (κ2) is 10.0. The van der Waals surface area contributed by atoms with Gasteiger partial charge in [0.1, 0.15) is 6.61 Å². The lowest BCUT2D eigenvalue weighted by atomic mass is 9.97. The zero-order chi connectivity index (χ0) is 25.0. The Bertz CT molecular complexity index is 1240. The molecule has 0 unspecified atom stereocenters. The zero-order valence-corrected chi connectivity index (χ0v) is 18.6. The van der Waals surface area contributed by atoms with Crippen molar-refractivity contribution in [1.82, 2.24) is 14.5 Å². The van der Waals surface area contributed by atoms with Crippen LogP contribution in [0.2, 0.25) is 0 Å². The molecule has 0 bridgehead atoms. The largest absolute Gasteiger partial charge is 0.445 e. The number of fused-ring (bicyclic) bond motifs is 1. The molecule has 35 heavy (non-hydrogen) atoms. The molecule has 0 saturated carbocycles. The first-order chi connectivity index (χ1) is 16.7. The van der Waals surface area contributed by atoms with Crippen LogP contribution in [0.4, 0.5) is 23.9 Å². The third-order valence-electron chi connectivity index (χ3n) is 5.65. The number of allylic oxidation sites excluding steroid dienone is 1. The molecule has 0 radical (unpaired) electrons. The van der Waals surface area contributed by atoms with E-state index in [2.05, 4.69) is 4.98 Å². The van der Waals surface area contributed by atoms with Crippen LogP contribution in [0.1, 0.15) is 28.4 Å². The predicted molar refractivity (Wildman–Crippen MR) is 124 cm³/mol. The minimum absolute atomic E-state index is 0.00483. The summed E-state index contributed by atoms with van der Waals surface area (Å²) < 4.78 is 42.9. The molecule has 1 amide bonds. The fourth-order valence-electron chi connectivity index (χ4n) is 4.08. The maximum absolute atomic E-state index is 13.6. The topological polar surface area (TPSA) is 90.5 Å². The van der Waals surface area contributed by atoms with Crippen LogP contribution in [0.5, 0.6) is 0 Å². The standard InChI is InChI=1S/C25H23F3N4O3/c26-25(27,28)13-7-15-35-24(34)31-14-12-19-20(16-31)30-23(29)32(22(19)33)21(17-8-3-1-4-9-17)18-10-5-2-6-11-18/h1-11,13,21H,12,14-16H2,(H2,29,30). The van der Waals surface area contributed by atoms with E-state index in [1.807, 2.05) is 60.7 Å². The van der Waals surface area contributed by atoms with Crippen molar-refractivity contribution in [3.63, 3.8) is 0 Å². The number of nitrogens with zero attached hydrogens (tertiary/aromatic N) is 3. The van der Waals surface area contributed by atoms with Crippen LogP contribution in [0, 0.1) is 0 Å². The van der Waals surface area contributed by atoms with Gasteiger partial charge in [0.25, 0.3) is 5.56 Å². The lowest BCUT2D eigenvalue weighted by Gasteiger charge is -2.29. The van der Waals surface area contributed by atoms with E-state index in [1.165, 1.54) is 9.47 Å². The maximum atomic E-state index is 13.6. The molecule has 0 aliphatic carbocycles. The SMILES string of the molecule is Nc1nc2c(c(=O)n1C(c1ccccc1)c1ccccc1)CCN(C(=O)OCC=CC(F)(F)F)C2. The van der Waals surface area contributed by atoms with Crippen LogP contribution < -0.4 is 11.3 Å². The number of carbonyl (C=O) groups excluding carboxylic acids is 1. The first kappa shape index (κ1) is 24.1. The third kappa shape index (κ3) is 5.53. The number of anilines is 1. The Balaban J connectivity index is 1.62. The van der Waals surface area contributed by atoms with Crippen LogP contribution in [-0.2, 0) is 17.7 Å². The summed E-state index contributed by atoms with van der Waals surface area (Å²) in [5, 5.41) is 0. The van der Waals surface area contributed by atoms with E-state index < -0.39 is 24.9 Å². The predicted octanol–water partition coefficient (Wildman–Crippen LogP) is 4.08. The van der Waals surface area contributed by atoms with Gasteiger partial charge in [0.15, 0.2) is 0 Å². The van der Waals surface area contributed by atoms with E-state index >= 15 is 0 Å². The number of nitrogen functional groups attached to an aromatic ring is 1. The van der Waals surface area contributed by atoms with E-state index in [0.29, 0.717) is 11.3 Å². The third-order valence-corrected chi connectivity index (χ3v) is 5.65. The monoisotopic (exact) mass is 484 g/mol. The van der Waals surface area contributed by atoms with Crippen molar-refractivity contribution in [3.8, 4) is 0 Å². The summed E-state index contributed by atoms with van der Waals surface area (Å²) in [6.07, 6.45) is -4.33. The van der Waals surface area contributed by atoms with Crippen molar-refractivity contribution in [3.05, 3.63) is 106 Å². The molecule has 2 aromatic carbocycles. The van der Waals surface area contributed by atoms with Gasteiger partial charge in [-0.25, -0.2) is 9.78 Å². The van der Waals surface area contributed by atoms with Crippen LogP contribution >= 0.6 is 0 Å². The molecule has 10 heteroatoms. The van der Waals surface area contributed by atoms with Crippen molar-refractivity contribution in [1.29, 1.82) is 0 Å². The fourth-order valence-corrected chi connectivity index (χ4v) is 4.08. The van der Waals surface area contributed by atoms with E-state index in [4.69, 9.17) is 10.5 Å². The summed E-state index contributed by atoms with van der Waals surface area (Å²) in [5.41, 5.74) is 8.50. The van der Waals surface area contributed by atoms with Gasteiger partial charge >= 0.3 is 12.3 Å². The first-order valence-corrected chi connectivity index (χ1v) is 10.9. The highest BCUT2D eigenvalue weighted by Gasteiger charge is 2.29. The lowest BCUT2D eigenvalue weighted by molar-refractivity contribution is -0.0802. The molecule has 0 saturated heterocycles. The van der Waals surface area contributed by atoms with E-state index in [1.54, 1.807) is 0 Å². The quantitative estimate of drug-likeness (QED) is 0.552. The van der Waals surface area contributed by atoms with Gasteiger partial charge in [0, 0.05) is 18.2 Å². The van der Waals surface area contributed by atoms with E-state index in [-0.39, 0.29) is 37.1 Å².